The molecule has 0 aromatic heterocycles. The van der Waals surface area contributed by atoms with Crippen LogP contribution in [-0.4, -0.2) is 38.7 Å². The molecule has 226 valence electrons. The van der Waals surface area contributed by atoms with E-state index < -0.39 is 11.5 Å². The number of carbonyl (C=O) groups excluding carboxylic acids is 2. The molecule has 0 fully saturated rings. The molecular weight excluding hydrogens is 562 g/mol. The fourth-order valence-electron chi connectivity index (χ4n) is 5.34. The second-order valence-corrected chi connectivity index (χ2v) is 10.9. The molecule has 0 saturated heterocycles. The Kier molecular flexibility index (Phi) is 8.26. The van der Waals surface area contributed by atoms with E-state index in [4.69, 9.17) is 18.9 Å². The summed E-state index contributed by atoms with van der Waals surface area (Å²) < 4.78 is 23.1. The first-order valence-corrected chi connectivity index (χ1v) is 13.9. The van der Waals surface area contributed by atoms with Crippen LogP contribution in [0, 0.1) is 11.8 Å². The van der Waals surface area contributed by atoms with Gasteiger partial charge in [-0.05, 0) is 73.5 Å². The highest BCUT2D eigenvalue weighted by Crippen LogP contribution is 2.45. The van der Waals surface area contributed by atoms with Crippen molar-refractivity contribution < 1.29 is 28.5 Å². The first-order valence-electron chi connectivity index (χ1n) is 13.9. The van der Waals surface area contributed by atoms with Gasteiger partial charge < -0.3 is 29.2 Å². The largest absolute Gasteiger partial charge is 0.496 e. The Bertz CT molecular complexity index is 1770. The summed E-state index contributed by atoms with van der Waals surface area (Å²) in [5.41, 5.74) is 4.10. The second kappa shape index (κ2) is 12.1. The summed E-state index contributed by atoms with van der Waals surface area (Å²) >= 11 is 0. The van der Waals surface area contributed by atoms with Gasteiger partial charge in [0.2, 0.25) is 0 Å². The molecule has 1 aliphatic rings. The van der Waals surface area contributed by atoms with Crippen LogP contribution in [0.2, 0.25) is 0 Å². The standard InChI is InChI=1S/C34H33N3O7/c1-20-9-7-8-10-23(20)32(38)44-22-12-13-25(29(18-22)42-6)24-14-15-27-31(37(4)33(39)34(2,3)35-27)26(24)19-43-30-17-21(36-40)11-16-28(30)41-5/h7-18,35H,19H2,1-6H3. The highest BCUT2D eigenvalue weighted by Gasteiger charge is 2.39. The predicted molar refractivity (Wildman–Crippen MR) is 168 cm³/mol. The first kappa shape index (κ1) is 30.1. The van der Waals surface area contributed by atoms with E-state index >= 15 is 0 Å². The Morgan fingerprint density at radius 2 is 1.64 bits per heavy atom. The summed E-state index contributed by atoms with van der Waals surface area (Å²) in [5.74, 6) is 0.896. The summed E-state index contributed by atoms with van der Waals surface area (Å²) in [6.45, 7) is 5.49. The van der Waals surface area contributed by atoms with Crippen LogP contribution in [-0.2, 0) is 11.4 Å². The van der Waals surface area contributed by atoms with Crippen molar-refractivity contribution in [3.8, 4) is 34.1 Å². The average molecular weight is 596 g/mol. The number of rotatable bonds is 9. The third kappa shape index (κ3) is 5.66. The number of hydrogen-bond donors (Lipinski definition) is 1. The van der Waals surface area contributed by atoms with Crippen molar-refractivity contribution in [1.29, 1.82) is 0 Å². The summed E-state index contributed by atoms with van der Waals surface area (Å²) in [6, 6.07) is 20.8. The van der Waals surface area contributed by atoms with Crippen LogP contribution in [0.25, 0.3) is 11.1 Å². The molecule has 0 bridgehead atoms. The van der Waals surface area contributed by atoms with Gasteiger partial charge in [-0.25, -0.2) is 4.79 Å². The van der Waals surface area contributed by atoms with Gasteiger partial charge in [0.15, 0.2) is 11.5 Å². The smallest absolute Gasteiger partial charge is 0.343 e. The monoisotopic (exact) mass is 595 g/mol. The molecule has 0 unspecified atom stereocenters. The average Bonchev–Trinajstić information content (AvgIpc) is 3.02. The minimum atomic E-state index is -0.825. The van der Waals surface area contributed by atoms with Gasteiger partial charge in [-0.15, -0.1) is 4.91 Å². The maximum Gasteiger partial charge on any atom is 0.343 e. The van der Waals surface area contributed by atoms with E-state index in [0.29, 0.717) is 45.4 Å². The number of nitrogens with one attached hydrogen (secondary N) is 1. The lowest BCUT2D eigenvalue weighted by Crippen LogP contribution is -2.52. The van der Waals surface area contributed by atoms with E-state index in [1.165, 1.54) is 26.4 Å². The Hall–Kier alpha value is -5.38. The van der Waals surface area contributed by atoms with Crippen molar-refractivity contribution in [2.24, 2.45) is 5.18 Å². The number of fused-ring (bicyclic) bond motifs is 1. The van der Waals surface area contributed by atoms with E-state index in [-0.39, 0.29) is 18.2 Å². The molecular formula is C34H33N3O7. The Labute approximate surface area is 255 Å². The highest BCUT2D eigenvalue weighted by atomic mass is 16.5. The minimum absolute atomic E-state index is 0.00405. The van der Waals surface area contributed by atoms with Crippen LogP contribution >= 0.6 is 0 Å². The van der Waals surface area contributed by atoms with Gasteiger partial charge in [0.1, 0.15) is 29.3 Å². The van der Waals surface area contributed by atoms with Crippen molar-refractivity contribution in [1.82, 2.24) is 0 Å². The molecule has 0 radical (unpaired) electrons. The zero-order valence-corrected chi connectivity index (χ0v) is 25.4. The number of benzene rings is 4. The number of carbonyl (C=O) groups is 2. The zero-order valence-electron chi connectivity index (χ0n) is 25.4. The van der Waals surface area contributed by atoms with Crippen molar-refractivity contribution >= 4 is 28.9 Å². The predicted octanol–water partition coefficient (Wildman–Crippen LogP) is 7.04. The molecule has 10 nitrogen and oxygen atoms in total. The fraction of sp³-hybridized carbons (Fsp3) is 0.235. The normalized spacial score (nSPS) is 13.4. The van der Waals surface area contributed by atoms with Crippen LogP contribution in [0.5, 0.6) is 23.0 Å². The number of methoxy groups -OCH3 is 2. The SMILES string of the molecule is COc1ccc(N=O)cc1OCc1c(-c2ccc(OC(=O)c3ccccc3C)cc2OC)ccc2c1N(C)C(=O)C(C)(C)N2. The number of aryl methyl sites for hydroxylation is 1. The lowest BCUT2D eigenvalue weighted by Gasteiger charge is -2.39. The maximum atomic E-state index is 13.4. The number of amides is 1. The van der Waals surface area contributed by atoms with E-state index in [2.05, 4.69) is 10.5 Å². The van der Waals surface area contributed by atoms with Crippen LogP contribution in [0.3, 0.4) is 0 Å². The molecule has 5 rings (SSSR count). The summed E-state index contributed by atoms with van der Waals surface area (Å²) in [5, 5.41) is 6.35. The number of hydrogen-bond acceptors (Lipinski definition) is 9. The molecule has 1 amide bonds. The number of anilines is 2. The van der Waals surface area contributed by atoms with Crippen LogP contribution in [0.4, 0.5) is 17.1 Å². The molecule has 44 heavy (non-hydrogen) atoms. The first-order chi connectivity index (χ1) is 21.1. The van der Waals surface area contributed by atoms with E-state index in [1.807, 2.05) is 45.0 Å². The van der Waals surface area contributed by atoms with Crippen LogP contribution < -0.4 is 29.2 Å². The lowest BCUT2D eigenvalue weighted by molar-refractivity contribution is -0.121. The maximum absolute atomic E-state index is 13.4. The van der Waals surface area contributed by atoms with Gasteiger partial charge in [-0.3, -0.25) is 4.79 Å². The van der Waals surface area contributed by atoms with Gasteiger partial charge >= 0.3 is 5.97 Å². The number of nitrogens with zero attached hydrogens (tertiary/aromatic N) is 2. The third-order valence-corrected chi connectivity index (χ3v) is 7.57. The van der Waals surface area contributed by atoms with Crippen molar-refractivity contribution in [3.63, 3.8) is 0 Å². The van der Waals surface area contributed by atoms with Gasteiger partial charge in [-0.1, -0.05) is 24.3 Å². The van der Waals surface area contributed by atoms with Crippen molar-refractivity contribution in [3.05, 3.63) is 94.4 Å². The lowest BCUT2D eigenvalue weighted by atomic mass is 9.91. The van der Waals surface area contributed by atoms with E-state index in [0.717, 1.165) is 16.8 Å². The van der Waals surface area contributed by atoms with Gasteiger partial charge in [-0.2, -0.15) is 0 Å². The number of ether oxygens (including phenoxy) is 4. The number of nitroso groups, excluding NO2 is 1. The molecule has 1 aliphatic heterocycles. The number of likely N-dealkylation sites (N-methyl/N-ethyl adjacent to an activating group) is 1. The summed E-state index contributed by atoms with van der Waals surface area (Å²) in [6.07, 6.45) is 0. The molecule has 0 aliphatic carbocycles. The second-order valence-electron chi connectivity index (χ2n) is 10.9. The third-order valence-electron chi connectivity index (χ3n) is 7.57. The highest BCUT2D eigenvalue weighted by molar-refractivity contribution is 6.09. The molecule has 4 aromatic carbocycles. The Balaban J connectivity index is 1.59. The molecule has 0 saturated carbocycles. The van der Waals surface area contributed by atoms with Gasteiger partial charge in [0.05, 0.1) is 31.2 Å². The summed E-state index contributed by atoms with van der Waals surface area (Å²) in [4.78, 5) is 39.1. The van der Waals surface area contributed by atoms with Gasteiger partial charge in [0, 0.05) is 30.3 Å². The molecule has 1 N–H and O–H groups in total. The van der Waals surface area contributed by atoms with Crippen LogP contribution in [0.1, 0.15) is 35.3 Å². The molecule has 0 spiro atoms. The topological polar surface area (TPSA) is 116 Å². The molecule has 10 heteroatoms. The van der Waals surface area contributed by atoms with Crippen molar-refractivity contribution in [2.45, 2.75) is 32.9 Å². The Morgan fingerprint density at radius 1 is 0.909 bits per heavy atom. The number of esters is 1. The quantitative estimate of drug-likeness (QED) is 0.124. The summed E-state index contributed by atoms with van der Waals surface area (Å²) in [7, 11) is 4.76. The zero-order chi connectivity index (χ0) is 31.6. The molecule has 1 heterocycles. The Morgan fingerprint density at radius 3 is 2.34 bits per heavy atom. The van der Waals surface area contributed by atoms with E-state index in [9.17, 15) is 14.5 Å². The van der Waals surface area contributed by atoms with Gasteiger partial charge in [0.25, 0.3) is 5.91 Å². The molecule has 4 aromatic rings. The van der Waals surface area contributed by atoms with Crippen molar-refractivity contribution in [2.75, 3.05) is 31.5 Å². The van der Waals surface area contributed by atoms with E-state index in [1.54, 1.807) is 48.3 Å². The minimum Gasteiger partial charge on any atom is -0.496 e. The van der Waals surface area contributed by atoms with Crippen LogP contribution in [0.15, 0.2) is 78.0 Å². The fourth-order valence-corrected chi connectivity index (χ4v) is 5.34. The molecule has 0 atom stereocenters.